The van der Waals surface area contributed by atoms with Crippen LogP contribution in [0.25, 0.3) is 0 Å². The van der Waals surface area contributed by atoms with Gasteiger partial charge in [-0.05, 0) is 0 Å². The topological polar surface area (TPSA) is 12.5 Å². The molecule has 1 heterocycles. The first-order valence-electron chi connectivity index (χ1n) is 2.13. The second kappa shape index (κ2) is 1.98. The Balaban J connectivity index is 2.36. The van der Waals surface area contributed by atoms with E-state index in [2.05, 4.69) is 4.74 Å². The molecule has 1 rings (SSSR count). The molecular weight excluding hydrogens is 116 g/mol. The molecule has 1 aliphatic rings. The van der Waals surface area contributed by atoms with Gasteiger partial charge in [0, 0.05) is 6.20 Å². The van der Waals surface area contributed by atoms with Gasteiger partial charge >= 0.3 is 6.55 Å². The number of hydrogen-bond acceptors (Lipinski definition) is 2. The molecule has 0 bridgehead atoms. The molecule has 0 aromatic rings. The van der Waals surface area contributed by atoms with Gasteiger partial charge in [-0.15, -0.1) is 0 Å². The minimum absolute atomic E-state index is 0.0301. The molecule has 46 valence electrons. The number of rotatable bonds is 1. The fourth-order valence-corrected chi connectivity index (χ4v) is 0.415. The normalized spacial score (nSPS) is 17.6. The van der Waals surface area contributed by atoms with Crippen molar-refractivity contribution < 1.29 is 13.5 Å². The van der Waals surface area contributed by atoms with Crippen molar-refractivity contribution in [3.63, 3.8) is 0 Å². The standard InChI is InChI=1S/C4H5F2NO/c5-4(6)7-1-2-8-3-7/h1-2,4H,3H2. The summed E-state index contributed by atoms with van der Waals surface area (Å²) in [6.07, 6.45) is 2.46. The summed E-state index contributed by atoms with van der Waals surface area (Å²) in [5.74, 6) is 0. The Labute approximate surface area is 45.3 Å². The molecule has 0 aromatic heterocycles. The lowest BCUT2D eigenvalue weighted by Gasteiger charge is -2.10. The Kier molecular flexibility index (Phi) is 1.32. The maximum Gasteiger partial charge on any atom is 0.317 e. The first-order valence-corrected chi connectivity index (χ1v) is 2.13. The van der Waals surface area contributed by atoms with Crippen LogP contribution in [0.3, 0.4) is 0 Å². The summed E-state index contributed by atoms with van der Waals surface area (Å²) in [6.45, 7) is -2.47. The molecule has 1 aliphatic heterocycles. The van der Waals surface area contributed by atoms with Gasteiger partial charge in [0.25, 0.3) is 0 Å². The van der Waals surface area contributed by atoms with E-state index >= 15 is 0 Å². The van der Waals surface area contributed by atoms with E-state index in [1.165, 1.54) is 12.5 Å². The number of alkyl halides is 2. The Morgan fingerprint density at radius 1 is 1.62 bits per heavy atom. The van der Waals surface area contributed by atoms with Gasteiger partial charge < -0.3 is 4.74 Å². The van der Waals surface area contributed by atoms with Gasteiger partial charge in [-0.3, -0.25) is 4.90 Å². The Morgan fingerprint density at radius 3 is 2.62 bits per heavy atom. The summed E-state index contributed by atoms with van der Waals surface area (Å²) in [5.41, 5.74) is 0. The molecule has 0 radical (unpaired) electrons. The summed E-state index contributed by atoms with van der Waals surface area (Å²) in [4.78, 5) is 0.792. The van der Waals surface area contributed by atoms with Crippen LogP contribution in [0.5, 0.6) is 0 Å². The molecule has 0 saturated heterocycles. The fourth-order valence-electron chi connectivity index (χ4n) is 0.415. The van der Waals surface area contributed by atoms with E-state index in [4.69, 9.17) is 0 Å². The summed E-state index contributed by atoms with van der Waals surface area (Å²) in [7, 11) is 0. The molecule has 0 aromatic carbocycles. The molecule has 0 fully saturated rings. The smallest absolute Gasteiger partial charge is 0.317 e. The predicted molar refractivity (Wildman–Crippen MR) is 22.9 cm³/mol. The second-order valence-electron chi connectivity index (χ2n) is 1.37. The average molecular weight is 121 g/mol. The van der Waals surface area contributed by atoms with Gasteiger partial charge in [-0.1, -0.05) is 0 Å². The van der Waals surface area contributed by atoms with E-state index in [0.29, 0.717) is 0 Å². The van der Waals surface area contributed by atoms with Crippen molar-refractivity contribution >= 4 is 0 Å². The molecule has 2 nitrogen and oxygen atoms in total. The Bertz CT molecular complexity index is 104. The van der Waals surface area contributed by atoms with Crippen LogP contribution < -0.4 is 0 Å². The molecule has 0 amide bonds. The predicted octanol–water partition coefficient (Wildman–Crippen LogP) is 0.970. The second-order valence-corrected chi connectivity index (χ2v) is 1.37. The van der Waals surface area contributed by atoms with Gasteiger partial charge in [-0.2, -0.15) is 8.78 Å². The average Bonchev–Trinajstić information content (AvgIpc) is 2.12. The van der Waals surface area contributed by atoms with Crippen LogP contribution >= 0.6 is 0 Å². The van der Waals surface area contributed by atoms with Gasteiger partial charge in [0.05, 0.1) is 0 Å². The highest BCUT2D eigenvalue weighted by atomic mass is 19.3. The van der Waals surface area contributed by atoms with Crippen molar-refractivity contribution in [2.45, 2.75) is 6.55 Å². The number of hydrogen-bond donors (Lipinski definition) is 0. The minimum Gasteiger partial charge on any atom is -0.479 e. The molecule has 4 heteroatoms. The third kappa shape index (κ3) is 0.882. The van der Waals surface area contributed by atoms with Gasteiger partial charge in [0.2, 0.25) is 0 Å². The summed E-state index contributed by atoms with van der Waals surface area (Å²) >= 11 is 0. The van der Waals surface area contributed by atoms with E-state index < -0.39 is 6.55 Å². The maximum absolute atomic E-state index is 11.5. The van der Waals surface area contributed by atoms with Crippen molar-refractivity contribution in [2.24, 2.45) is 0 Å². The number of halogens is 2. The summed E-state index contributed by atoms with van der Waals surface area (Å²) in [5, 5.41) is 0. The molecule has 0 N–H and O–H groups in total. The van der Waals surface area contributed by atoms with Crippen molar-refractivity contribution in [1.82, 2.24) is 4.90 Å². The first-order chi connectivity index (χ1) is 3.80. The van der Waals surface area contributed by atoms with E-state index in [-0.39, 0.29) is 6.73 Å². The highest BCUT2D eigenvalue weighted by molar-refractivity contribution is 4.78. The monoisotopic (exact) mass is 121 g/mol. The molecule has 0 saturated carbocycles. The quantitative estimate of drug-likeness (QED) is 0.479. The van der Waals surface area contributed by atoms with Gasteiger partial charge in [0.15, 0.2) is 6.73 Å². The van der Waals surface area contributed by atoms with E-state index in [1.807, 2.05) is 0 Å². The zero-order valence-electron chi connectivity index (χ0n) is 4.05. The minimum atomic E-state index is -2.44. The van der Waals surface area contributed by atoms with Gasteiger partial charge in [-0.25, -0.2) is 0 Å². The molecular formula is C4H5F2NO. The van der Waals surface area contributed by atoms with Crippen LogP contribution in [0.4, 0.5) is 8.78 Å². The van der Waals surface area contributed by atoms with Crippen LogP contribution in [0.2, 0.25) is 0 Å². The SMILES string of the molecule is FC(F)N1C=COC1. The van der Waals surface area contributed by atoms with Crippen molar-refractivity contribution in [2.75, 3.05) is 6.73 Å². The van der Waals surface area contributed by atoms with Crippen LogP contribution in [-0.2, 0) is 4.74 Å². The zero-order valence-corrected chi connectivity index (χ0v) is 4.05. The Morgan fingerprint density at radius 2 is 2.38 bits per heavy atom. The number of ether oxygens (including phenoxy) is 1. The van der Waals surface area contributed by atoms with E-state index in [1.54, 1.807) is 0 Å². The van der Waals surface area contributed by atoms with Crippen molar-refractivity contribution in [3.8, 4) is 0 Å². The highest BCUT2D eigenvalue weighted by Gasteiger charge is 2.14. The molecule has 0 atom stereocenters. The lowest BCUT2D eigenvalue weighted by atomic mass is 10.8. The van der Waals surface area contributed by atoms with E-state index in [9.17, 15) is 8.78 Å². The summed E-state index contributed by atoms with van der Waals surface area (Å²) in [6, 6.07) is 0. The molecule has 0 unspecified atom stereocenters. The summed E-state index contributed by atoms with van der Waals surface area (Å²) < 4.78 is 27.6. The maximum atomic E-state index is 11.5. The van der Waals surface area contributed by atoms with E-state index in [0.717, 1.165) is 4.90 Å². The van der Waals surface area contributed by atoms with Gasteiger partial charge in [0.1, 0.15) is 6.26 Å². The fraction of sp³-hybridized carbons (Fsp3) is 0.500. The highest BCUT2D eigenvalue weighted by Crippen LogP contribution is 2.07. The van der Waals surface area contributed by atoms with Crippen LogP contribution in [-0.4, -0.2) is 18.2 Å². The first kappa shape index (κ1) is 5.34. The Hall–Kier alpha value is -0.800. The molecule has 0 aliphatic carbocycles. The largest absolute Gasteiger partial charge is 0.479 e. The lowest BCUT2D eigenvalue weighted by Crippen LogP contribution is -2.20. The molecule has 8 heavy (non-hydrogen) atoms. The number of nitrogens with zero attached hydrogens (tertiary/aromatic N) is 1. The lowest BCUT2D eigenvalue weighted by molar-refractivity contribution is -0.0234. The molecule has 0 spiro atoms. The third-order valence-electron chi connectivity index (χ3n) is 0.823. The van der Waals surface area contributed by atoms with Crippen LogP contribution in [0.15, 0.2) is 12.5 Å². The van der Waals surface area contributed by atoms with Crippen molar-refractivity contribution in [1.29, 1.82) is 0 Å². The van der Waals surface area contributed by atoms with Crippen LogP contribution in [0, 0.1) is 0 Å². The third-order valence-corrected chi connectivity index (χ3v) is 0.823. The van der Waals surface area contributed by atoms with Crippen molar-refractivity contribution in [3.05, 3.63) is 12.5 Å². The zero-order chi connectivity index (χ0) is 5.98. The van der Waals surface area contributed by atoms with Crippen LogP contribution in [0.1, 0.15) is 0 Å².